The van der Waals surface area contributed by atoms with Crippen molar-refractivity contribution in [3.05, 3.63) is 106 Å². The molecule has 0 aliphatic carbocycles. The minimum atomic E-state index is -1.09. The number of ketones is 1. The molecule has 214 valence electrons. The third-order valence-corrected chi connectivity index (χ3v) is 7.73. The van der Waals surface area contributed by atoms with Crippen LogP contribution in [0.2, 0.25) is 0 Å². The molecule has 0 radical (unpaired) electrons. The standard InChI is InChI=1S/C31H27N3O7S/c1-4-40-30(38)28-18(2)33-31(42-28)34-25(24(27(36)29(34)37)26(35)20-12-14-32-15-13-20)21-10-11-22(23(16-21)39-3)41-17-19-8-6-5-7-9-19/h5-16,25,35H,4,17H2,1-3H3/b26-24+. The van der Waals surface area contributed by atoms with Gasteiger partial charge in [0.2, 0.25) is 0 Å². The summed E-state index contributed by atoms with van der Waals surface area (Å²) in [5.74, 6) is -1.94. The average Bonchev–Trinajstić information content (AvgIpc) is 3.52. The molecule has 0 spiro atoms. The predicted molar refractivity (Wildman–Crippen MR) is 156 cm³/mol. The minimum absolute atomic E-state index is 0.111. The first kappa shape index (κ1) is 28.5. The van der Waals surface area contributed by atoms with Crippen LogP contribution in [0.5, 0.6) is 11.5 Å². The molecule has 11 heteroatoms. The van der Waals surface area contributed by atoms with Crippen LogP contribution in [-0.2, 0) is 20.9 Å². The SMILES string of the molecule is CCOC(=O)c1sc(N2C(=O)C(=O)/C(=C(/O)c3ccncc3)C2c2ccc(OCc3ccccc3)c(OC)c2)nc1C. The number of Topliss-reactive ketones (excluding diaryl/α,β-unsaturated/α-hetero) is 1. The number of amides is 1. The topological polar surface area (TPSA) is 128 Å². The fourth-order valence-corrected chi connectivity index (χ4v) is 5.58. The van der Waals surface area contributed by atoms with E-state index in [2.05, 4.69) is 9.97 Å². The van der Waals surface area contributed by atoms with Crippen molar-refractivity contribution in [3.8, 4) is 11.5 Å². The molecule has 1 aliphatic rings. The number of aliphatic hydroxyl groups excluding tert-OH is 1. The highest BCUT2D eigenvalue weighted by molar-refractivity contribution is 7.17. The van der Waals surface area contributed by atoms with Crippen LogP contribution in [0.1, 0.15) is 45.0 Å². The number of hydrogen-bond donors (Lipinski definition) is 1. The molecule has 10 nitrogen and oxygen atoms in total. The highest BCUT2D eigenvalue weighted by atomic mass is 32.1. The second kappa shape index (κ2) is 12.2. The Morgan fingerprint density at radius 3 is 2.48 bits per heavy atom. The highest BCUT2D eigenvalue weighted by Gasteiger charge is 2.48. The van der Waals surface area contributed by atoms with Crippen LogP contribution >= 0.6 is 11.3 Å². The Labute approximate surface area is 245 Å². The average molecular weight is 586 g/mol. The summed E-state index contributed by atoms with van der Waals surface area (Å²) >= 11 is 0.934. The van der Waals surface area contributed by atoms with Gasteiger partial charge in [0.25, 0.3) is 5.78 Å². The quantitative estimate of drug-likeness (QED) is 0.121. The number of nitrogens with zero attached hydrogens (tertiary/aromatic N) is 3. The van der Waals surface area contributed by atoms with Gasteiger partial charge in [-0.3, -0.25) is 19.5 Å². The maximum atomic E-state index is 13.5. The molecule has 0 saturated carbocycles. The summed E-state index contributed by atoms with van der Waals surface area (Å²) in [6.07, 6.45) is 2.94. The van der Waals surface area contributed by atoms with Gasteiger partial charge in [0.1, 0.15) is 17.2 Å². The number of aliphatic hydroxyl groups is 1. The van der Waals surface area contributed by atoms with Gasteiger partial charge in [-0.15, -0.1) is 0 Å². The van der Waals surface area contributed by atoms with Gasteiger partial charge in [0, 0.05) is 18.0 Å². The third kappa shape index (κ3) is 5.46. The first-order chi connectivity index (χ1) is 20.3. The molecular weight excluding hydrogens is 558 g/mol. The first-order valence-corrected chi connectivity index (χ1v) is 13.9. The van der Waals surface area contributed by atoms with Crippen LogP contribution in [0.15, 0.2) is 78.6 Å². The van der Waals surface area contributed by atoms with Crippen molar-refractivity contribution in [2.75, 3.05) is 18.6 Å². The molecular formula is C31H27N3O7S. The summed E-state index contributed by atoms with van der Waals surface area (Å²) in [4.78, 5) is 49.4. The summed E-state index contributed by atoms with van der Waals surface area (Å²) in [6, 6.07) is 16.6. The fourth-order valence-electron chi connectivity index (χ4n) is 4.59. The Balaban J connectivity index is 1.62. The predicted octanol–water partition coefficient (Wildman–Crippen LogP) is 5.24. The number of aromatic nitrogens is 2. The lowest BCUT2D eigenvalue weighted by Gasteiger charge is -2.24. The van der Waals surface area contributed by atoms with E-state index in [0.717, 1.165) is 16.9 Å². The lowest BCUT2D eigenvalue weighted by molar-refractivity contribution is -0.132. The number of ether oxygens (including phenoxy) is 3. The summed E-state index contributed by atoms with van der Waals surface area (Å²) in [6.45, 7) is 3.77. The number of benzene rings is 2. The molecule has 1 unspecified atom stereocenters. The molecule has 3 heterocycles. The van der Waals surface area contributed by atoms with E-state index >= 15 is 0 Å². The Bertz CT molecular complexity index is 1670. The molecule has 2 aromatic heterocycles. The van der Waals surface area contributed by atoms with Crippen LogP contribution < -0.4 is 14.4 Å². The van der Waals surface area contributed by atoms with Gasteiger partial charge in [-0.25, -0.2) is 9.78 Å². The van der Waals surface area contributed by atoms with E-state index in [4.69, 9.17) is 14.2 Å². The maximum absolute atomic E-state index is 13.5. The van der Waals surface area contributed by atoms with E-state index in [-0.39, 0.29) is 27.9 Å². The monoisotopic (exact) mass is 585 g/mol. The van der Waals surface area contributed by atoms with Crippen LogP contribution in [0.4, 0.5) is 5.13 Å². The number of carbonyl (C=O) groups excluding carboxylic acids is 3. The summed E-state index contributed by atoms with van der Waals surface area (Å²) < 4.78 is 16.7. The van der Waals surface area contributed by atoms with E-state index in [9.17, 15) is 19.5 Å². The second-order valence-corrected chi connectivity index (χ2v) is 10.2. The number of carbonyl (C=O) groups is 3. The number of thiazole rings is 1. The zero-order chi connectivity index (χ0) is 29.8. The molecule has 4 aromatic rings. The lowest BCUT2D eigenvalue weighted by atomic mass is 9.95. The van der Waals surface area contributed by atoms with Gasteiger partial charge in [0.15, 0.2) is 16.6 Å². The Morgan fingerprint density at radius 2 is 1.79 bits per heavy atom. The second-order valence-electron chi connectivity index (χ2n) is 9.22. The van der Waals surface area contributed by atoms with Crippen LogP contribution in [0.25, 0.3) is 5.76 Å². The zero-order valence-electron chi connectivity index (χ0n) is 23.1. The molecule has 0 bridgehead atoms. The van der Waals surface area contributed by atoms with Crippen molar-refractivity contribution in [2.24, 2.45) is 0 Å². The summed E-state index contributed by atoms with van der Waals surface area (Å²) in [5.41, 5.74) is 1.94. The van der Waals surface area contributed by atoms with Gasteiger partial charge in [-0.2, -0.15) is 0 Å². The smallest absolute Gasteiger partial charge is 0.350 e. The molecule has 1 atom stereocenters. The normalized spacial score (nSPS) is 16.0. The Morgan fingerprint density at radius 1 is 1.05 bits per heavy atom. The van der Waals surface area contributed by atoms with Crippen LogP contribution in [0, 0.1) is 6.92 Å². The molecule has 1 saturated heterocycles. The third-order valence-electron chi connectivity index (χ3n) is 6.59. The molecule has 42 heavy (non-hydrogen) atoms. The van der Waals surface area contributed by atoms with Crippen LogP contribution in [0.3, 0.4) is 0 Å². The van der Waals surface area contributed by atoms with Gasteiger partial charge in [-0.1, -0.05) is 47.7 Å². The molecule has 1 N–H and O–H groups in total. The zero-order valence-corrected chi connectivity index (χ0v) is 23.9. The van der Waals surface area contributed by atoms with Crippen molar-refractivity contribution in [1.29, 1.82) is 0 Å². The van der Waals surface area contributed by atoms with E-state index in [0.29, 0.717) is 34.9 Å². The largest absolute Gasteiger partial charge is 0.507 e. The van der Waals surface area contributed by atoms with Crippen molar-refractivity contribution in [1.82, 2.24) is 9.97 Å². The Hall–Kier alpha value is -5.03. The van der Waals surface area contributed by atoms with E-state index < -0.39 is 23.7 Å². The van der Waals surface area contributed by atoms with Crippen molar-refractivity contribution < 1.29 is 33.7 Å². The van der Waals surface area contributed by atoms with Crippen LogP contribution in [-0.4, -0.2) is 46.5 Å². The highest BCUT2D eigenvalue weighted by Crippen LogP contribution is 2.45. The number of esters is 1. The van der Waals surface area contributed by atoms with Gasteiger partial charge >= 0.3 is 11.9 Å². The van der Waals surface area contributed by atoms with Crippen molar-refractivity contribution >= 4 is 39.9 Å². The summed E-state index contributed by atoms with van der Waals surface area (Å²) in [5, 5.41) is 11.4. The summed E-state index contributed by atoms with van der Waals surface area (Å²) in [7, 11) is 1.48. The number of hydrogen-bond acceptors (Lipinski definition) is 10. The molecule has 1 amide bonds. The lowest BCUT2D eigenvalue weighted by Crippen LogP contribution is -2.29. The number of rotatable bonds is 9. The number of pyridine rings is 1. The first-order valence-electron chi connectivity index (χ1n) is 13.0. The number of anilines is 1. The molecule has 5 rings (SSSR count). The fraction of sp³-hybridized carbons (Fsp3) is 0.194. The Kier molecular flexibility index (Phi) is 8.30. The van der Waals surface area contributed by atoms with Gasteiger partial charge in [0.05, 0.1) is 31.0 Å². The molecule has 2 aromatic carbocycles. The van der Waals surface area contributed by atoms with E-state index in [1.165, 1.54) is 36.5 Å². The minimum Gasteiger partial charge on any atom is -0.507 e. The number of methoxy groups -OCH3 is 1. The molecule has 1 aliphatic heterocycles. The van der Waals surface area contributed by atoms with E-state index in [1.54, 1.807) is 32.0 Å². The van der Waals surface area contributed by atoms with E-state index in [1.807, 2.05) is 30.3 Å². The van der Waals surface area contributed by atoms with Gasteiger partial charge in [-0.05, 0) is 49.2 Å². The number of aryl methyl sites for hydroxylation is 1. The van der Waals surface area contributed by atoms with Crippen molar-refractivity contribution in [2.45, 2.75) is 26.5 Å². The molecule has 1 fully saturated rings. The van der Waals surface area contributed by atoms with Gasteiger partial charge < -0.3 is 19.3 Å². The van der Waals surface area contributed by atoms with Crippen molar-refractivity contribution in [3.63, 3.8) is 0 Å². The maximum Gasteiger partial charge on any atom is 0.350 e.